The Morgan fingerprint density at radius 3 is 1.92 bits per heavy atom. The molecule has 0 N–H and O–H groups in total. The van der Waals surface area contributed by atoms with Gasteiger partial charge in [0.15, 0.2) is 18.2 Å². The van der Waals surface area contributed by atoms with E-state index < -0.39 is 0 Å². The molecular weight excluding hydrogens is 402 g/mol. The van der Waals surface area contributed by atoms with Gasteiger partial charge in [-0.05, 0) is 24.3 Å². The van der Waals surface area contributed by atoms with E-state index in [1.54, 1.807) is 65.5 Å². The summed E-state index contributed by atoms with van der Waals surface area (Å²) in [4.78, 5) is 24.6. The lowest BCUT2D eigenvalue weighted by atomic mass is 10.0. The maximum Gasteiger partial charge on any atom is 0.227 e. The third-order valence-electron chi connectivity index (χ3n) is 3.68. The van der Waals surface area contributed by atoms with Crippen LogP contribution in [0.1, 0.15) is 26.3 Å². The summed E-state index contributed by atoms with van der Waals surface area (Å²) < 4.78 is 1.75. The van der Waals surface area contributed by atoms with Crippen molar-refractivity contribution >= 4 is 23.2 Å². The van der Waals surface area contributed by atoms with Gasteiger partial charge in [0.25, 0.3) is 0 Å². The average Bonchev–Trinajstić information content (AvgIpc) is 2.63. The van der Waals surface area contributed by atoms with Crippen molar-refractivity contribution in [3.8, 4) is 0 Å². The molecule has 0 aliphatic rings. The molecule has 0 aliphatic carbocycles. The summed E-state index contributed by atoms with van der Waals surface area (Å²) in [5.74, 6) is -0.0504. The molecular formula is C20H15BrClNO2. The van der Waals surface area contributed by atoms with Gasteiger partial charge in [0.05, 0.1) is 0 Å². The summed E-state index contributed by atoms with van der Waals surface area (Å²) in [7, 11) is 0. The number of aromatic nitrogens is 1. The molecule has 0 spiro atoms. The van der Waals surface area contributed by atoms with E-state index in [-0.39, 0.29) is 35.1 Å². The van der Waals surface area contributed by atoms with Gasteiger partial charge in [-0.3, -0.25) is 9.59 Å². The molecule has 0 atom stereocenters. The number of carbonyl (C=O) groups excluding carboxylic acids is 2. The van der Waals surface area contributed by atoms with Crippen molar-refractivity contribution in [2.45, 2.75) is 6.54 Å². The number of hydrogen-bond acceptors (Lipinski definition) is 2. The van der Waals surface area contributed by atoms with Crippen molar-refractivity contribution < 1.29 is 31.1 Å². The fraction of sp³-hybridized carbons (Fsp3) is 0.0500. The fourth-order valence-corrected chi connectivity index (χ4v) is 2.49. The first kappa shape index (κ1) is 19.0. The zero-order valence-electron chi connectivity index (χ0n) is 13.2. The molecule has 0 unspecified atom stereocenters. The second-order valence-corrected chi connectivity index (χ2v) is 5.82. The molecule has 0 saturated heterocycles. The molecule has 0 aliphatic heterocycles. The van der Waals surface area contributed by atoms with Gasteiger partial charge in [-0.15, -0.1) is 0 Å². The van der Waals surface area contributed by atoms with E-state index in [1.807, 2.05) is 18.2 Å². The fourth-order valence-electron chi connectivity index (χ4n) is 2.36. The second-order valence-electron chi connectivity index (χ2n) is 5.38. The Hall–Kier alpha value is -2.30. The number of ketones is 2. The van der Waals surface area contributed by atoms with Crippen molar-refractivity contribution in [2.75, 3.05) is 0 Å². The summed E-state index contributed by atoms with van der Waals surface area (Å²) in [6.45, 7) is 0.210. The number of hydrogen-bond donors (Lipinski definition) is 0. The van der Waals surface area contributed by atoms with Crippen LogP contribution in [-0.4, -0.2) is 11.6 Å². The van der Waals surface area contributed by atoms with Crippen LogP contribution in [0.2, 0.25) is 5.02 Å². The first-order chi connectivity index (χ1) is 11.6. The van der Waals surface area contributed by atoms with Crippen molar-refractivity contribution in [3.05, 3.63) is 101 Å². The number of rotatable bonds is 5. The molecule has 0 amide bonds. The van der Waals surface area contributed by atoms with Gasteiger partial charge in [0, 0.05) is 33.8 Å². The van der Waals surface area contributed by atoms with E-state index in [9.17, 15) is 9.59 Å². The minimum absolute atomic E-state index is 0. The van der Waals surface area contributed by atoms with Crippen LogP contribution in [0.5, 0.6) is 0 Å². The van der Waals surface area contributed by atoms with Crippen LogP contribution in [0.4, 0.5) is 0 Å². The quantitative estimate of drug-likeness (QED) is 0.455. The average molecular weight is 417 g/mol. The number of pyridine rings is 1. The standard InChI is InChI=1S/C20H15ClNO2.BrH/c21-18-8-6-15(7-9-18)19(23)14-22-12-10-17(11-13-22)20(24)16-4-2-1-3-5-16;/h1-13H,14H2;1H/q+1;/p-1. The zero-order chi connectivity index (χ0) is 16.9. The van der Waals surface area contributed by atoms with Crippen LogP contribution >= 0.6 is 11.6 Å². The van der Waals surface area contributed by atoms with Crippen LogP contribution in [-0.2, 0) is 6.54 Å². The molecule has 1 aromatic heterocycles. The van der Waals surface area contributed by atoms with E-state index in [0.717, 1.165) is 0 Å². The molecule has 0 radical (unpaired) electrons. The molecule has 1 heterocycles. The van der Waals surface area contributed by atoms with Crippen LogP contribution in [0.25, 0.3) is 0 Å². The van der Waals surface area contributed by atoms with Crippen LogP contribution in [0, 0.1) is 0 Å². The Morgan fingerprint density at radius 2 is 1.32 bits per heavy atom. The Morgan fingerprint density at radius 1 is 0.760 bits per heavy atom. The normalized spacial score (nSPS) is 9.96. The predicted molar refractivity (Wildman–Crippen MR) is 92.3 cm³/mol. The lowest BCUT2D eigenvalue weighted by Crippen LogP contribution is -3.00. The summed E-state index contributed by atoms with van der Waals surface area (Å²) >= 11 is 5.83. The largest absolute Gasteiger partial charge is 1.00 e. The molecule has 0 bridgehead atoms. The van der Waals surface area contributed by atoms with Crippen LogP contribution in [0.15, 0.2) is 79.1 Å². The maximum atomic E-state index is 12.3. The van der Waals surface area contributed by atoms with Gasteiger partial charge < -0.3 is 17.0 Å². The highest BCUT2D eigenvalue weighted by Crippen LogP contribution is 2.10. The molecule has 126 valence electrons. The Balaban J connectivity index is 0.00000225. The summed E-state index contributed by atoms with van der Waals surface area (Å²) in [5, 5.41) is 0.600. The molecule has 0 fully saturated rings. The van der Waals surface area contributed by atoms with Gasteiger partial charge in [-0.2, -0.15) is 4.57 Å². The number of carbonyl (C=O) groups is 2. The summed E-state index contributed by atoms with van der Waals surface area (Å²) in [5.41, 5.74) is 1.85. The zero-order valence-corrected chi connectivity index (χ0v) is 15.6. The van der Waals surface area contributed by atoms with Crippen molar-refractivity contribution in [1.29, 1.82) is 0 Å². The maximum absolute atomic E-state index is 12.3. The SMILES string of the molecule is O=C(C[n+]1ccc(C(=O)c2ccccc2)cc1)c1ccc(Cl)cc1.[Br-]. The minimum atomic E-state index is -0.0354. The molecule has 3 rings (SSSR count). The van der Waals surface area contributed by atoms with E-state index in [0.29, 0.717) is 21.7 Å². The number of nitrogens with zero attached hydrogens (tertiary/aromatic N) is 1. The minimum Gasteiger partial charge on any atom is -1.00 e. The van der Waals surface area contributed by atoms with Crippen LogP contribution < -0.4 is 21.5 Å². The van der Waals surface area contributed by atoms with Crippen LogP contribution in [0.3, 0.4) is 0 Å². The van der Waals surface area contributed by atoms with E-state index >= 15 is 0 Å². The Bertz CT molecular complexity index is 862. The van der Waals surface area contributed by atoms with Crippen molar-refractivity contribution in [3.63, 3.8) is 0 Å². The van der Waals surface area contributed by atoms with Gasteiger partial charge in [-0.25, -0.2) is 0 Å². The molecule has 25 heavy (non-hydrogen) atoms. The number of halogens is 2. The van der Waals surface area contributed by atoms with E-state index in [2.05, 4.69) is 0 Å². The molecule has 2 aromatic carbocycles. The second kappa shape index (κ2) is 8.70. The lowest BCUT2D eigenvalue weighted by molar-refractivity contribution is -0.683. The van der Waals surface area contributed by atoms with Gasteiger partial charge >= 0.3 is 0 Å². The Kier molecular flexibility index (Phi) is 6.62. The lowest BCUT2D eigenvalue weighted by Gasteiger charge is -2.01. The predicted octanol–water partition coefficient (Wildman–Crippen LogP) is 0.745. The third kappa shape index (κ3) is 4.84. The first-order valence-corrected chi connectivity index (χ1v) is 7.89. The molecule has 5 heteroatoms. The smallest absolute Gasteiger partial charge is 0.227 e. The first-order valence-electron chi connectivity index (χ1n) is 7.51. The topological polar surface area (TPSA) is 38.0 Å². The highest BCUT2D eigenvalue weighted by molar-refractivity contribution is 6.30. The van der Waals surface area contributed by atoms with Crippen molar-refractivity contribution in [1.82, 2.24) is 0 Å². The molecule has 0 saturated carbocycles. The monoisotopic (exact) mass is 415 g/mol. The Labute approximate surface area is 161 Å². The van der Waals surface area contributed by atoms with Gasteiger partial charge in [0.2, 0.25) is 12.3 Å². The van der Waals surface area contributed by atoms with Gasteiger partial charge in [0.1, 0.15) is 0 Å². The van der Waals surface area contributed by atoms with E-state index in [1.165, 1.54) is 0 Å². The number of benzene rings is 2. The van der Waals surface area contributed by atoms with Gasteiger partial charge in [-0.1, -0.05) is 41.9 Å². The van der Waals surface area contributed by atoms with E-state index in [4.69, 9.17) is 11.6 Å². The summed E-state index contributed by atoms with van der Waals surface area (Å²) in [6, 6.07) is 19.4. The molecule has 3 nitrogen and oxygen atoms in total. The number of Topliss-reactive ketones (excluding diaryl/α,β-unsaturated/α-hetero) is 1. The summed E-state index contributed by atoms with van der Waals surface area (Å²) in [6.07, 6.45) is 3.48. The highest BCUT2D eigenvalue weighted by Gasteiger charge is 2.14. The molecule has 3 aromatic rings. The highest BCUT2D eigenvalue weighted by atomic mass is 79.9. The van der Waals surface area contributed by atoms with Crippen molar-refractivity contribution in [2.24, 2.45) is 0 Å². The third-order valence-corrected chi connectivity index (χ3v) is 3.93.